The molecule has 0 radical (unpaired) electrons. The molecule has 4 nitrogen and oxygen atoms in total. The lowest BCUT2D eigenvalue weighted by molar-refractivity contribution is -0.123. The lowest BCUT2D eigenvalue weighted by atomic mass is 10.2. The first kappa shape index (κ1) is 12.6. The molecule has 1 amide bonds. The fourth-order valence-corrected chi connectivity index (χ4v) is 1.56. The van der Waals surface area contributed by atoms with Gasteiger partial charge in [0.25, 0.3) is 5.91 Å². The Morgan fingerprint density at radius 1 is 1.39 bits per heavy atom. The van der Waals surface area contributed by atoms with Crippen molar-refractivity contribution in [2.24, 2.45) is 11.0 Å². The quantitative estimate of drug-likeness (QED) is 0.640. The zero-order chi connectivity index (χ0) is 13.0. The molecule has 0 aliphatic heterocycles. The molecular formula is C14H18N2O2. The lowest BCUT2D eigenvalue weighted by Crippen LogP contribution is -2.25. The Morgan fingerprint density at radius 2 is 2.06 bits per heavy atom. The zero-order valence-electron chi connectivity index (χ0n) is 10.8. The highest BCUT2D eigenvalue weighted by Gasteiger charge is 2.24. The van der Waals surface area contributed by atoms with Crippen molar-refractivity contribution >= 4 is 11.6 Å². The van der Waals surface area contributed by atoms with Crippen LogP contribution >= 0.6 is 0 Å². The molecule has 1 fully saturated rings. The number of hydrogen-bond acceptors (Lipinski definition) is 3. The van der Waals surface area contributed by atoms with Crippen LogP contribution in [-0.4, -0.2) is 18.2 Å². The van der Waals surface area contributed by atoms with Gasteiger partial charge in [-0.25, -0.2) is 5.43 Å². The maximum atomic E-state index is 11.5. The fourth-order valence-electron chi connectivity index (χ4n) is 1.56. The summed E-state index contributed by atoms with van der Waals surface area (Å²) in [6, 6.07) is 7.59. The molecule has 1 aromatic carbocycles. The van der Waals surface area contributed by atoms with Crippen molar-refractivity contribution < 1.29 is 9.53 Å². The van der Waals surface area contributed by atoms with Crippen LogP contribution in [0.4, 0.5) is 0 Å². The van der Waals surface area contributed by atoms with Gasteiger partial charge in [0, 0.05) is 5.71 Å². The van der Waals surface area contributed by atoms with Gasteiger partial charge in [-0.15, -0.1) is 0 Å². The summed E-state index contributed by atoms with van der Waals surface area (Å²) in [4.78, 5) is 11.5. The Morgan fingerprint density at radius 3 is 2.67 bits per heavy atom. The van der Waals surface area contributed by atoms with Crippen LogP contribution in [0.1, 0.15) is 25.3 Å². The number of benzene rings is 1. The smallest absolute Gasteiger partial charge is 0.277 e. The summed E-state index contributed by atoms with van der Waals surface area (Å²) >= 11 is 0. The van der Waals surface area contributed by atoms with Crippen LogP contribution in [-0.2, 0) is 4.79 Å². The molecule has 2 rings (SSSR count). The molecule has 1 aromatic rings. The highest BCUT2D eigenvalue weighted by Crippen LogP contribution is 2.30. The SMILES string of the molecule is CC(=NNC(=O)COc1ccc(C)cc1)C1CC1. The summed E-state index contributed by atoms with van der Waals surface area (Å²) in [7, 11) is 0. The van der Waals surface area contributed by atoms with Gasteiger partial charge in [0.05, 0.1) is 0 Å². The van der Waals surface area contributed by atoms with E-state index in [1.807, 2.05) is 38.1 Å². The van der Waals surface area contributed by atoms with E-state index in [1.54, 1.807) is 0 Å². The summed E-state index contributed by atoms with van der Waals surface area (Å²) in [5.41, 5.74) is 4.67. The molecule has 0 spiro atoms. The number of carbonyl (C=O) groups is 1. The van der Waals surface area contributed by atoms with Crippen molar-refractivity contribution in [3.63, 3.8) is 0 Å². The molecule has 18 heavy (non-hydrogen) atoms. The molecule has 1 aliphatic rings. The van der Waals surface area contributed by atoms with Crippen molar-refractivity contribution in [1.82, 2.24) is 5.43 Å². The highest BCUT2D eigenvalue weighted by molar-refractivity contribution is 5.88. The maximum absolute atomic E-state index is 11.5. The normalized spacial score (nSPS) is 15.3. The van der Waals surface area contributed by atoms with Gasteiger partial charge in [-0.3, -0.25) is 4.79 Å². The third kappa shape index (κ3) is 3.87. The second kappa shape index (κ2) is 5.67. The van der Waals surface area contributed by atoms with Gasteiger partial charge >= 0.3 is 0 Å². The Bertz CT molecular complexity index is 447. The molecule has 1 aliphatic carbocycles. The van der Waals surface area contributed by atoms with Gasteiger partial charge < -0.3 is 4.74 Å². The molecule has 0 heterocycles. The van der Waals surface area contributed by atoms with Gasteiger partial charge in [0.1, 0.15) is 5.75 Å². The number of nitrogens with one attached hydrogen (secondary N) is 1. The van der Waals surface area contributed by atoms with Crippen molar-refractivity contribution in [2.45, 2.75) is 26.7 Å². The summed E-state index contributed by atoms with van der Waals surface area (Å²) in [5.74, 6) is 1.04. The van der Waals surface area contributed by atoms with Crippen LogP contribution in [0.25, 0.3) is 0 Å². The Balaban J connectivity index is 1.74. The second-order valence-electron chi connectivity index (χ2n) is 4.66. The first-order valence-corrected chi connectivity index (χ1v) is 6.17. The minimum atomic E-state index is -0.226. The van der Waals surface area contributed by atoms with Crippen LogP contribution in [0.5, 0.6) is 5.75 Å². The fraction of sp³-hybridized carbons (Fsp3) is 0.429. The summed E-state index contributed by atoms with van der Waals surface area (Å²) in [5, 5.41) is 4.05. The summed E-state index contributed by atoms with van der Waals surface area (Å²) in [6.45, 7) is 3.94. The van der Waals surface area contributed by atoms with Crippen molar-refractivity contribution in [3.8, 4) is 5.75 Å². The molecule has 0 unspecified atom stereocenters. The largest absolute Gasteiger partial charge is 0.484 e. The van der Waals surface area contributed by atoms with E-state index in [2.05, 4.69) is 10.5 Å². The number of rotatable bonds is 5. The highest BCUT2D eigenvalue weighted by atomic mass is 16.5. The number of nitrogens with zero attached hydrogens (tertiary/aromatic N) is 1. The predicted octanol–water partition coefficient (Wildman–Crippen LogP) is 2.28. The van der Waals surface area contributed by atoms with Crippen LogP contribution in [0, 0.1) is 12.8 Å². The molecule has 0 bridgehead atoms. The molecule has 0 atom stereocenters. The van der Waals surface area contributed by atoms with Gasteiger partial charge in [-0.2, -0.15) is 5.10 Å². The van der Waals surface area contributed by atoms with Crippen LogP contribution < -0.4 is 10.2 Å². The molecular weight excluding hydrogens is 228 g/mol. The molecule has 1 N–H and O–H groups in total. The number of hydrazone groups is 1. The van der Waals surface area contributed by atoms with Crippen LogP contribution in [0.2, 0.25) is 0 Å². The molecule has 96 valence electrons. The van der Waals surface area contributed by atoms with Gasteiger partial charge in [0.15, 0.2) is 6.61 Å². The van der Waals surface area contributed by atoms with E-state index >= 15 is 0 Å². The van der Waals surface area contributed by atoms with Crippen molar-refractivity contribution in [1.29, 1.82) is 0 Å². The minimum Gasteiger partial charge on any atom is -0.484 e. The van der Waals surface area contributed by atoms with E-state index in [-0.39, 0.29) is 12.5 Å². The maximum Gasteiger partial charge on any atom is 0.277 e. The minimum absolute atomic E-state index is 0.00942. The average Bonchev–Trinajstić information content (AvgIpc) is 3.19. The lowest BCUT2D eigenvalue weighted by Gasteiger charge is -2.05. The number of hydrogen-bond donors (Lipinski definition) is 1. The molecule has 0 aromatic heterocycles. The van der Waals surface area contributed by atoms with E-state index in [1.165, 1.54) is 12.8 Å². The van der Waals surface area contributed by atoms with E-state index in [4.69, 9.17) is 4.74 Å². The Kier molecular flexibility index (Phi) is 3.97. The van der Waals surface area contributed by atoms with Gasteiger partial charge in [-0.05, 0) is 44.7 Å². The zero-order valence-corrected chi connectivity index (χ0v) is 10.8. The van der Waals surface area contributed by atoms with Crippen LogP contribution in [0.3, 0.4) is 0 Å². The monoisotopic (exact) mass is 246 g/mol. The Hall–Kier alpha value is -1.84. The third-order valence-electron chi connectivity index (χ3n) is 2.92. The molecule has 0 saturated heterocycles. The van der Waals surface area contributed by atoms with Crippen molar-refractivity contribution in [3.05, 3.63) is 29.8 Å². The van der Waals surface area contributed by atoms with Crippen LogP contribution in [0.15, 0.2) is 29.4 Å². The number of aryl methyl sites for hydroxylation is 1. The average molecular weight is 246 g/mol. The van der Waals surface area contributed by atoms with Crippen molar-refractivity contribution in [2.75, 3.05) is 6.61 Å². The predicted molar refractivity (Wildman–Crippen MR) is 70.6 cm³/mol. The third-order valence-corrected chi connectivity index (χ3v) is 2.92. The van der Waals surface area contributed by atoms with E-state index in [0.717, 1.165) is 11.3 Å². The first-order valence-electron chi connectivity index (χ1n) is 6.17. The summed E-state index contributed by atoms with van der Waals surface area (Å²) in [6.07, 6.45) is 2.37. The number of carbonyl (C=O) groups excluding carboxylic acids is 1. The van der Waals surface area contributed by atoms with E-state index in [9.17, 15) is 4.79 Å². The Labute approximate surface area is 107 Å². The second-order valence-corrected chi connectivity index (χ2v) is 4.66. The van der Waals surface area contributed by atoms with E-state index in [0.29, 0.717) is 11.7 Å². The summed E-state index contributed by atoms with van der Waals surface area (Å²) < 4.78 is 5.35. The standard InChI is InChI=1S/C14H18N2O2/c1-10-3-7-13(8-4-10)18-9-14(17)16-15-11(2)12-5-6-12/h3-4,7-8,12H,5-6,9H2,1-2H3,(H,16,17). The number of amides is 1. The van der Waals surface area contributed by atoms with Gasteiger partial charge in [-0.1, -0.05) is 17.7 Å². The van der Waals surface area contributed by atoms with E-state index < -0.39 is 0 Å². The molecule has 4 heteroatoms. The topological polar surface area (TPSA) is 50.7 Å². The number of ether oxygens (including phenoxy) is 1. The van der Waals surface area contributed by atoms with Gasteiger partial charge in [0.2, 0.25) is 0 Å². The molecule has 1 saturated carbocycles. The first-order chi connectivity index (χ1) is 8.65.